The molecule has 0 amide bonds. The van der Waals surface area contributed by atoms with E-state index >= 15 is 0 Å². The van der Waals surface area contributed by atoms with Crippen molar-refractivity contribution in [3.63, 3.8) is 0 Å². The number of hydrogen-bond donors (Lipinski definition) is 0. The van der Waals surface area contributed by atoms with Gasteiger partial charge in [-0.2, -0.15) is 0 Å². The molecule has 1 aromatic heterocycles. The van der Waals surface area contributed by atoms with Gasteiger partial charge in [0, 0.05) is 13.0 Å². The van der Waals surface area contributed by atoms with Gasteiger partial charge in [-0.15, -0.1) is 0 Å². The van der Waals surface area contributed by atoms with Crippen molar-refractivity contribution in [1.29, 1.82) is 0 Å². The molecule has 2 heterocycles. The first-order valence-corrected chi connectivity index (χ1v) is 8.49. The van der Waals surface area contributed by atoms with Crippen LogP contribution in [0.5, 0.6) is 5.75 Å². The van der Waals surface area contributed by atoms with E-state index in [0.29, 0.717) is 22.2 Å². The summed E-state index contributed by atoms with van der Waals surface area (Å²) in [4.78, 5) is 28.8. The Hall–Kier alpha value is -3.15. The van der Waals surface area contributed by atoms with Crippen molar-refractivity contribution in [3.8, 4) is 5.75 Å². The molecule has 2 aromatic carbocycles. The lowest BCUT2D eigenvalue weighted by atomic mass is 10.1. The van der Waals surface area contributed by atoms with Gasteiger partial charge in [-0.05, 0) is 42.3 Å². The third-order valence-electron chi connectivity index (χ3n) is 4.54. The van der Waals surface area contributed by atoms with Gasteiger partial charge in [0.2, 0.25) is 0 Å². The Balaban J connectivity index is 1.58. The molecule has 0 spiro atoms. The van der Waals surface area contributed by atoms with Crippen LogP contribution in [0.2, 0.25) is 0 Å². The van der Waals surface area contributed by atoms with Gasteiger partial charge in [0.05, 0.1) is 23.6 Å². The van der Waals surface area contributed by atoms with E-state index in [1.165, 1.54) is 7.11 Å². The number of fused-ring (bicyclic) bond motifs is 2. The largest absolute Gasteiger partial charge is 0.489 e. The molecule has 0 saturated carbocycles. The molecule has 1 aliphatic rings. The normalized spacial score (nSPS) is 12.8. The molecule has 1 aliphatic heterocycles. The molecule has 0 saturated heterocycles. The van der Waals surface area contributed by atoms with Crippen molar-refractivity contribution >= 4 is 16.9 Å². The number of benzene rings is 2. The number of nitrogens with zero attached hydrogens (tertiary/aromatic N) is 2. The standard InChI is InChI=1S/C20H18N2O4/c1-25-20(24)14-5-2-4-13(10-14)12-26-15-7-8-17-16(11-15)19(23)22-9-3-6-18(22)21-17/h2,4-5,7-8,10-11H,3,6,9,12H2,1H3. The smallest absolute Gasteiger partial charge is 0.337 e. The van der Waals surface area contributed by atoms with Crippen LogP contribution in [-0.4, -0.2) is 22.6 Å². The zero-order valence-electron chi connectivity index (χ0n) is 14.4. The van der Waals surface area contributed by atoms with Crippen molar-refractivity contribution in [2.45, 2.75) is 26.0 Å². The van der Waals surface area contributed by atoms with Crippen LogP contribution in [0, 0.1) is 0 Å². The molecule has 26 heavy (non-hydrogen) atoms. The highest BCUT2D eigenvalue weighted by Gasteiger charge is 2.16. The topological polar surface area (TPSA) is 70.4 Å². The fourth-order valence-electron chi connectivity index (χ4n) is 3.23. The summed E-state index contributed by atoms with van der Waals surface area (Å²) in [5, 5.41) is 0.566. The predicted molar refractivity (Wildman–Crippen MR) is 96.4 cm³/mol. The van der Waals surface area contributed by atoms with Crippen LogP contribution in [0.4, 0.5) is 0 Å². The minimum absolute atomic E-state index is 0.0133. The molecule has 0 atom stereocenters. The minimum atomic E-state index is -0.384. The highest BCUT2D eigenvalue weighted by atomic mass is 16.5. The second kappa shape index (κ2) is 6.63. The summed E-state index contributed by atoms with van der Waals surface area (Å²) in [6, 6.07) is 12.4. The fourth-order valence-corrected chi connectivity index (χ4v) is 3.23. The van der Waals surface area contributed by atoms with E-state index in [2.05, 4.69) is 4.98 Å². The lowest BCUT2D eigenvalue weighted by Crippen LogP contribution is -2.20. The maximum Gasteiger partial charge on any atom is 0.337 e. The van der Waals surface area contributed by atoms with Crippen molar-refractivity contribution in [2.24, 2.45) is 0 Å². The van der Waals surface area contributed by atoms with Gasteiger partial charge in [-0.25, -0.2) is 9.78 Å². The van der Waals surface area contributed by atoms with Gasteiger partial charge in [0.15, 0.2) is 0 Å². The van der Waals surface area contributed by atoms with Gasteiger partial charge < -0.3 is 9.47 Å². The van der Waals surface area contributed by atoms with Gasteiger partial charge in [-0.3, -0.25) is 9.36 Å². The van der Waals surface area contributed by atoms with Gasteiger partial charge in [0.25, 0.3) is 5.56 Å². The Kier molecular flexibility index (Phi) is 4.16. The molecule has 0 bridgehead atoms. The number of rotatable bonds is 4. The Morgan fingerprint density at radius 3 is 2.96 bits per heavy atom. The molecule has 4 rings (SSSR count). The van der Waals surface area contributed by atoms with E-state index in [0.717, 1.165) is 30.8 Å². The molecule has 0 fully saturated rings. The summed E-state index contributed by atoms with van der Waals surface area (Å²) in [6.45, 7) is 1.01. The Labute approximate surface area is 150 Å². The second-order valence-corrected chi connectivity index (χ2v) is 6.25. The number of aryl methyl sites for hydroxylation is 1. The molecule has 132 valence electrons. The van der Waals surface area contributed by atoms with Gasteiger partial charge in [-0.1, -0.05) is 12.1 Å². The van der Waals surface area contributed by atoms with Gasteiger partial charge in [0.1, 0.15) is 18.2 Å². The molecule has 0 N–H and O–H groups in total. The average Bonchev–Trinajstić information content (AvgIpc) is 3.15. The van der Waals surface area contributed by atoms with Crippen molar-refractivity contribution in [3.05, 3.63) is 69.8 Å². The summed E-state index contributed by atoms with van der Waals surface area (Å²) >= 11 is 0. The summed E-state index contributed by atoms with van der Waals surface area (Å²) in [6.07, 6.45) is 1.80. The van der Waals surface area contributed by atoms with Gasteiger partial charge >= 0.3 is 5.97 Å². The van der Waals surface area contributed by atoms with E-state index in [1.54, 1.807) is 28.8 Å². The van der Waals surface area contributed by atoms with Crippen LogP contribution in [0.25, 0.3) is 10.9 Å². The highest BCUT2D eigenvalue weighted by molar-refractivity contribution is 5.89. The SMILES string of the molecule is COC(=O)c1cccc(COc2ccc3nc4n(c(=O)c3c2)CCC4)c1. The van der Waals surface area contributed by atoms with E-state index in [9.17, 15) is 9.59 Å². The first-order chi connectivity index (χ1) is 12.7. The second-order valence-electron chi connectivity index (χ2n) is 6.25. The third kappa shape index (κ3) is 2.94. The molecule has 0 aliphatic carbocycles. The number of esters is 1. The zero-order valence-corrected chi connectivity index (χ0v) is 14.4. The molecule has 6 heteroatoms. The summed E-state index contributed by atoms with van der Waals surface area (Å²) < 4.78 is 12.3. The Morgan fingerprint density at radius 1 is 1.23 bits per heavy atom. The monoisotopic (exact) mass is 350 g/mol. The van der Waals surface area contributed by atoms with E-state index in [4.69, 9.17) is 9.47 Å². The van der Waals surface area contributed by atoms with Crippen LogP contribution in [-0.2, 0) is 24.3 Å². The number of ether oxygens (including phenoxy) is 2. The van der Waals surface area contributed by atoms with Crippen LogP contribution in [0.1, 0.15) is 28.2 Å². The fraction of sp³-hybridized carbons (Fsp3) is 0.250. The number of methoxy groups -OCH3 is 1. The molecule has 3 aromatic rings. The number of hydrogen-bond acceptors (Lipinski definition) is 5. The van der Waals surface area contributed by atoms with Crippen molar-refractivity contribution in [1.82, 2.24) is 9.55 Å². The molecular formula is C20H18N2O4. The molecule has 0 radical (unpaired) electrons. The predicted octanol–water partition coefficient (Wildman–Crippen LogP) is 2.71. The lowest BCUT2D eigenvalue weighted by Gasteiger charge is -2.09. The summed E-state index contributed by atoms with van der Waals surface area (Å²) in [5.41, 5.74) is 2.01. The third-order valence-corrected chi connectivity index (χ3v) is 4.54. The van der Waals surface area contributed by atoms with Crippen LogP contribution >= 0.6 is 0 Å². The van der Waals surface area contributed by atoms with Crippen LogP contribution in [0.3, 0.4) is 0 Å². The summed E-state index contributed by atoms with van der Waals surface area (Å²) in [5.74, 6) is 1.07. The first kappa shape index (κ1) is 16.3. The highest BCUT2D eigenvalue weighted by Crippen LogP contribution is 2.21. The zero-order chi connectivity index (χ0) is 18.1. The van der Waals surface area contributed by atoms with Crippen LogP contribution < -0.4 is 10.3 Å². The van der Waals surface area contributed by atoms with E-state index < -0.39 is 0 Å². The first-order valence-electron chi connectivity index (χ1n) is 8.49. The Morgan fingerprint density at radius 2 is 2.12 bits per heavy atom. The Bertz CT molecular complexity index is 1060. The molecular weight excluding hydrogens is 332 g/mol. The number of aromatic nitrogens is 2. The molecule has 0 unspecified atom stereocenters. The maximum absolute atomic E-state index is 12.6. The quantitative estimate of drug-likeness (QED) is 0.677. The van der Waals surface area contributed by atoms with Crippen molar-refractivity contribution in [2.75, 3.05) is 7.11 Å². The van der Waals surface area contributed by atoms with E-state index in [1.807, 2.05) is 18.2 Å². The minimum Gasteiger partial charge on any atom is -0.489 e. The molecule has 6 nitrogen and oxygen atoms in total. The maximum atomic E-state index is 12.6. The van der Waals surface area contributed by atoms with Crippen LogP contribution in [0.15, 0.2) is 47.3 Å². The average molecular weight is 350 g/mol. The summed E-state index contributed by atoms with van der Waals surface area (Å²) in [7, 11) is 1.35. The number of carbonyl (C=O) groups is 1. The van der Waals surface area contributed by atoms with E-state index in [-0.39, 0.29) is 18.1 Å². The number of carbonyl (C=O) groups excluding carboxylic acids is 1. The van der Waals surface area contributed by atoms with Crippen molar-refractivity contribution < 1.29 is 14.3 Å². The lowest BCUT2D eigenvalue weighted by molar-refractivity contribution is 0.0600.